The van der Waals surface area contributed by atoms with Crippen LogP contribution in [0.5, 0.6) is 0 Å². The number of carboxylic acids is 2. The van der Waals surface area contributed by atoms with Crippen LogP contribution in [0.15, 0.2) is 24.3 Å². The van der Waals surface area contributed by atoms with Crippen LogP contribution in [-0.4, -0.2) is 28.7 Å². The van der Waals surface area contributed by atoms with Gasteiger partial charge in [-0.25, -0.2) is 0 Å². The highest BCUT2D eigenvalue weighted by Crippen LogP contribution is 2.41. The fourth-order valence-corrected chi connectivity index (χ4v) is 3.27. The number of carbonyl (C=O) groups is 2. The third-order valence-corrected chi connectivity index (χ3v) is 4.84. The third kappa shape index (κ3) is 3.47. The summed E-state index contributed by atoms with van der Waals surface area (Å²) in [6.07, 6.45) is 3.44. The van der Waals surface area contributed by atoms with Gasteiger partial charge in [0, 0.05) is 6.42 Å². The first-order valence-corrected chi connectivity index (χ1v) is 7.72. The molecule has 0 atom stereocenters. The summed E-state index contributed by atoms with van der Waals surface area (Å²) in [5.41, 5.74) is 6.60. The molecule has 1 aliphatic rings. The Kier molecular flexibility index (Phi) is 5.19. The first-order chi connectivity index (χ1) is 10.5. The highest BCUT2D eigenvalue weighted by Gasteiger charge is 2.43. The van der Waals surface area contributed by atoms with E-state index >= 15 is 0 Å². The smallest absolute Gasteiger partial charge is 0.314 e. The van der Waals surface area contributed by atoms with Crippen LogP contribution >= 0.6 is 0 Å². The Balaban J connectivity index is 2.16. The maximum Gasteiger partial charge on any atom is 0.314 e. The number of hydrogen-bond donors (Lipinski definition) is 3. The molecule has 0 saturated heterocycles. The Morgan fingerprint density at radius 2 is 1.73 bits per heavy atom. The molecular formula is C17H23NO4. The number of hydrogen-bond acceptors (Lipinski definition) is 3. The summed E-state index contributed by atoms with van der Waals surface area (Å²) in [4.78, 5) is 22.5. The summed E-state index contributed by atoms with van der Waals surface area (Å²) in [5, 5.41) is 18.4. The van der Waals surface area contributed by atoms with Crippen molar-refractivity contribution in [2.45, 2.75) is 43.9 Å². The third-order valence-electron chi connectivity index (χ3n) is 4.84. The Morgan fingerprint density at radius 3 is 2.18 bits per heavy atom. The van der Waals surface area contributed by atoms with Crippen LogP contribution in [0.3, 0.4) is 0 Å². The quantitative estimate of drug-likeness (QED) is 0.748. The summed E-state index contributed by atoms with van der Waals surface area (Å²) < 4.78 is 0. The molecule has 0 aromatic heterocycles. The lowest BCUT2D eigenvalue weighted by Gasteiger charge is -2.37. The minimum Gasteiger partial charge on any atom is -0.481 e. The van der Waals surface area contributed by atoms with Crippen molar-refractivity contribution >= 4 is 11.9 Å². The van der Waals surface area contributed by atoms with Crippen molar-refractivity contribution in [2.75, 3.05) is 6.54 Å². The second-order valence-electron chi connectivity index (χ2n) is 6.16. The van der Waals surface area contributed by atoms with Crippen molar-refractivity contribution in [3.8, 4) is 0 Å². The largest absolute Gasteiger partial charge is 0.481 e. The van der Waals surface area contributed by atoms with Crippen LogP contribution in [0.4, 0.5) is 0 Å². The SMILES string of the molecule is NCC1CCC(C(=O)O)(c2ccc(CCC(=O)O)cc2)CC1. The molecule has 5 nitrogen and oxygen atoms in total. The van der Waals surface area contributed by atoms with E-state index in [1.807, 2.05) is 24.3 Å². The van der Waals surface area contributed by atoms with E-state index < -0.39 is 17.4 Å². The number of nitrogens with two attached hydrogens (primary N) is 1. The monoisotopic (exact) mass is 305 g/mol. The molecule has 4 N–H and O–H groups in total. The van der Waals surface area contributed by atoms with E-state index in [1.165, 1.54) is 0 Å². The Bertz CT molecular complexity index is 530. The second kappa shape index (κ2) is 6.92. The van der Waals surface area contributed by atoms with Gasteiger partial charge in [0.2, 0.25) is 0 Å². The normalized spacial score (nSPS) is 24.9. The molecule has 1 aliphatic carbocycles. The molecule has 2 rings (SSSR count). The first kappa shape index (κ1) is 16.5. The fourth-order valence-electron chi connectivity index (χ4n) is 3.27. The lowest BCUT2D eigenvalue weighted by molar-refractivity contribution is -0.145. The number of aryl methyl sites for hydroxylation is 1. The predicted octanol–water partition coefficient (Wildman–Crippen LogP) is 2.18. The lowest BCUT2D eigenvalue weighted by Crippen LogP contribution is -2.40. The van der Waals surface area contributed by atoms with Crippen LogP contribution in [0.1, 0.15) is 43.2 Å². The van der Waals surface area contributed by atoms with Crippen molar-refractivity contribution in [3.63, 3.8) is 0 Å². The molecule has 0 bridgehead atoms. The maximum atomic E-state index is 11.9. The van der Waals surface area contributed by atoms with E-state index in [9.17, 15) is 14.7 Å². The molecule has 5 heteroatoms. The van der Waals surface area contributed by atoms with Gasteiger partial charge in [-0.15, -0.1) is 0 Å². The van der Waals surface area contributed by atoms with Crippen molar-refractivity contribution in [1.29, 1.82) is 0 Å². The summed E-state index contributed by atoms with van der Waals surface area (Å²) in [7, 11) is 0. The molecule has 0 spiro atoms. The zero-order chi connectivity index (χ0) is 16.2. The zero-order valence-electron chi connectivity index (χ0n) is 12.6. The molecule has 1 saturated carbocycles. The highest BCUT2D eigenvalue weighted by molar-refractivity contribution is 5.81. The second-order valence-corrected chi connectivity index (χ2v) is 6.16. The maximum absolute atomic E-state index is 11.9. The van der Waals surface area contributed by atoms with Crippen LogP contribution in [-0.2, 0) is 21.4 Å². The molecule has 0 aliphatic heterocycles. The van der Waals surface area contributed by atoms with Gasteiger partial charge in [-0.05, 0) is 55.7 Å². The molecule has 0 heterocycles. The van der Waals surface area contributed by atoms with Gasteiger partial charge >= 0.3 is 11.9 Å². The summed E-state index contributed by atoms with van der Waals surface area (Å²) >= 11 is 0. The molecule has 0 amide bonds. The Hall–Kier alpha value is -1.88. The predicted molar refractivity (Wildman–Crippen MR) is 82.7 cm³/mol. The van der Waals surface area contributed by atoms with Gasteiger partial charge in [0.25, 0.3) is 0 Å². The Morgan fingerprint density at radius 1 is 1.14 bits per heavy atom. The van der Waals surface area contributed by atoms with E-state index in [-0.39, 0.29) is 6.42 Å². The lowest BCUT2D eigenvalue weighted by atomic mass is 9.66. The fraction of sp³-hybridized carbons (Fsp3) is 0.529. The molecule has 0 radical (unpaired) electrons. The van der Waals surface area contributed by atoms with Crippen molar-refractivity contribution < 1.29 is 19.8 Å². The van der Waals surface area contributed by atoms with E-state index in [2.05, 4.69) is 0 Å². The highest BCUT2D eigenvalue weighted by atomic mass is 16.4. The average molecular weight is 305 g/mol. The van der Waals surface area contributed by atoms with Crippen molar-refractivity contribution in [3.05, 3.63) is 35.4 Å². The molecule has 0 unspecified atom stereocenters. The van der Waals surface area contributed by atoms with Crippen LogP contribution in [0.2, 0.25) is 0 Å². The van der Waals surface area contributed by atoms with Gasteiger partial charge in [0.1, 0.15) is 0 Å². The minimum atomic E-state index is -0.828. The standard InChI is InChI=1S/C17H23NO4/c18-11-13-7-9-17(10-8-13,16(21)22)14-4-1-12(2-5-14)3-6-15(19)20/h1-2,4-5,13H,3,6-11,18H2,(H,19,20)(H,21,22). The number of aliphatic carboxylic acids is 2. The van der Waals surface area contributed by atoms with Gasteiger partial charge in [-0.3, -0.25) is 9.59 Å². The van der Waals surface area contributed by atoms with E-state index in [1.54, 1.807) is 0 Å². The molecule has 1 fully saturated rings. The number of rotatable bonds is 6. The van der Waals surface area contributed by atoms with Gasteiger partial charge in [0.15, 0.2) is 0 Å². The summed E-state index contributed by atoms with van der Waals surface area (Å²) in [5.74, 6) is -1.19. The average Bonchev–Trinajstić information content (AvgIpc) is 2.53. The minimum absolute atomic E-state index is 0.0849. The van der Waals surface area contributed by atoms with Crippen molar-refractivity contribution in [2.24, 2.45) is 11.7 Å². The Labute approximate surface area is 130 Å². The van der Waals surface area contributed by atoms with Crippen molar-refractivity contribution in [1.82, 2.24) is 0 Å². The molecule has 1 aromatic rings. The van der Waals surface area contributed by atoms with Crippen LogP contribution in [0.25, 0.3) is 0 Å². The topological polar surface area (TPSA) is 101 Å². The van der Waals surface area contributed by atoms with E-state index in [0.29, 0.717) is 31.7 Å². The van der Waals surface area contributed by atoms with Gasteiger partial charge in [0.05, 0.1) is 5.41 Å². The van der Waals surface area contributed by atoms with E-state index in [4.69, 9.17) is 10.8 Å². The summed E-state index contributed by atoms with van der Waals surface area (Å²) in [6.45, 7) is 0.615. The van der Waals surface area contributed by atoms with E-state index in [0.717, 1.165) is 24.0 Å². The van der Waals surface area contributed by atoms with Crippen LogP contribution in [0, 0.1) is 5.92 Å². The zero-order valence-corrected chi connectivity index (χ0v) is 12.6. The molecular weight excluding hydrogens is 282 g/mol. The summed E-state index contributed by atoms with van der Waals surface area (Å²) in [6, 6.07) is 7.37. The first-order valence-electron chi connectivity index (χ1n) is 7.72. The van der Waals surface area contributed by atoms with Crippen LogP contribution < -0.4 is 5.73 Å². The number of benzene rings is 1. The van der Waals surface area contributed by atoms with Gasteiger partial charge in [-0.1, -0.05) is 24.3 Å². The molecule has 22 heavy (non-hydrogen) atoms. The van der Waals surface area contributed by atoms with Gasteiger partial charge in [-0.2, -0.15) is 0 Å². The molecule has 1 aromatic carbocycles. The van der Waals surface area contributed by atoms with Gasteiger partial charge < -0.3 is 15.9 Å². The molecule has 120 valence electrons. The number of carboxylic acid groups (broad SMARTS) is 2.